The lowest BCUT2D eigenvalue weighted by molar-refractivity contribution is 0.254. The summed E-state index contributed by atoms with van der Waals surface area (Å²) in [4.78, 5) is 2.55. The van der Waals surface area contributed by atoms with Gasteiger partial charge in [0.05, 0.1) is 0 Å². The van der Waals surface area contributed by atoms with Crippen LogP contribution in [-0.2, 0) is 0 Å². The van der Waals surface area contributed by atoms with Crippen molar-refractivity contribution < 1.29 is 0 Å². The minimum atomic E-state index is 0.444. The second kappa shape index (κ2) is 9.15. The number of rotatable bonds is 9. The van der Waals surface area contributed by atoms with Gasteiger partial charge in [0.1, 0.15) is 0 Å². The topological polar surface area (TPSA) is 15.3 Å². The van der Waals surface area contributed by atoms with E-state index >= 15 is 0 Å². The lowest BCUT2D eigenvalue weighted by atomic mass is 10.0. The van der Waals surface area contributed by atoms with E-state index in [-0.39, 0.29) is 0 Å². The van der Waals surface area contributed by atoms with Crippen molar-refractivity contribution in [1.29, 1.82) is 0 Å². The minimum Gasteiger partial charge on any atom is -0.309 e. The van der Waals surface area contributed by atoms with Crippen LogP contribution in [-0.4, -0.2) is 31.1 Å². The number of nitrogens with zero attached hydrogens (tertiary/aromatic N) is 1. The fourth-order valence-corrected chi connectivity index (χ4v) is 2.77. The van der Waals surface area contributed by atoms with E-state index in [9.17, 15) is 0 Å². The SMILES string of the molecule is CCCNC(CN(CC)CCC)c1cc(C)cc(C)c1. The van der Waals surface area contributed by atoms with Crippen LogP contribution in [0.4, 0.5) is 0 Å². The molecular formula is C18H32N2. The number of likely N-dealkylation sites (N-methyl/N-ethyl adjacent to an activating group) is 1. The van der Waals surface area contributed by atoms with E-state index in [0.29, 0.717) is 6.04 Å². The summed E-state index contributed by atoms with van der Waals surface area (Å²) in [7, 11) is 0. The van der Waals surface area contributed by atoms with E-state index < -0.39 is 0 Å². The molecule has 1 N–H and O–H groups in total. The maximum Gasteiger partial charge on any atom is 0.0449 e. The van der Waals surface area contributed by atoms with Crippen molar-refractivity contribution in [3.05, 3.63) is 34.9 Å². The Labute approximate surface area is 125 Å². The van der Waals surface area contributed by atoms with Gasteiger partial charge in [-0.25, -0.2) is 0 Å². The van der Waals surface area contributed by atoms with Gasteiger partial charge in [-0.2, -0.15) is 0 Å². The van der Waals surface area contributed by atoms with Crippen LogP contribution in [0.3, 0.4) is 0 Å². The molecule has 20 heavy (non-hydrogen) atoms. The molecular weight excluding hydrogens is 244 g/mol. The molecule has 1 aromatic carbocycles. The van der Waals surface area contributed by atoms with E-state index in [4.69, 9.17) is 0 Å². The summed E-state index contributed by atoms with van der Waals surface area (Å²) < 4.78 is 0. The van der Waals surface area contributed by atoms with Crippen LogP contribution in [0.1, 0.15) is 56.3 Å². The highest BCUT2D eigenvalue weighted by Gasteiger charge is 2.15. The molecule has 1 unspecified atom stereocenters. The first-order valence-corrected chi connectivity index (χ1v) is 8.14. The third-order valence-electron chi connectivity index (χ3n) is 3.71. The number of nitrogens with one attached hydrogen (secondary N) is 1. The molecule has 2 nitrogen and oxygen atoms in total. The smallest absolute Gasteiger partial charge is 0.0449 e. The van der Waals surface area contributed by atoms with Crippen LogP contribution >= 0.6 is 0 Å². The summed E-state index contributed by atoms with van der Waals surface area (Å²) in [5, 5.41) is 3.72. The zero-order valence-corrected chi connectivity index (χ0v) is 14.0. The molecule has 1 atom stereocenters. The van der Waals surface area contributed by atoms with E-state index in [1.54, 1.807) is 0 Å². The molecule has 0 saturated heterocycles. The van der Waals surface area contributed by atoms with Gasteiger partial charge in [-0.05, 0) is 51.9 Å². The predicted octanol–water partition coefficient (Wildman–Crippen LogP) is 4.08. The molecule has 2 heteroatoms. The van der Waals surface area contributed by atoms with E-state index in [1.165, 1.54) is 36.1 Å². The Balaban J connectivity index is 2.86. The highest BCUT2D eigenvalue weighted by atomic mass is 15.1. The van der Waals surface area contributed by atoms with Crippen molar-refractivity contribution in [2.24, 2.45) is 0 Å². The molecule has 1 rings (SSSR count). The molecule has 0 heterocycles. The van der Waals surface area contributed by atoms with Crippen LogP contribution < -0.4 is 5.32 Å². The van der Waals surface area contributed by atoms with Gasteiger partial charge in [0.25, 0.3) is 0 Å². The van der Waals surface area contributed by atoms with Crippen LogP contribution in [0, 0.1) is 13.8 Å². The third kappa shape index (κ3) is 5.64. The molecule has 0 radical (unpaired) electrons. The second-order valence-electron chi connectivity index (χ2n) is 5.82. The van der Waals surface area contributed by atoms with Crippen molar-refractivity contribution >= 4 is 0 Å². The zero-order valence-electron chi connectivity index (χ0n) is 14.0. The first-order valence-electron chi connectivity index (χ1n) is 8.14. The maximum absolute atomic E-state index is 3.72. The average Bonchev–Trinajstić information content (AvgIpc) is 2.41. The van der Waals surface area contributed by atoms with Crippen molar-refractivity contribution in [1.82, 2.24) is 10.2 Å². The Morgan fingerprint density at radius 2 is 1.65 bits per heavy atom. The standard InChI is InChI=1S/C18H32N2/c1-6-9-19-18(14-20(8-3)10-7-2)17-12-15(4)11-16(5)13-17/h11-13,18-19H,6-10,14H2,1-5H3. The Hall–Kier alpha value is -0.860. The van der Waals surface area contributed by atoms with Gasteiger partial charge < -0.3 is 10.2 Å². The number of aryl methyl sites for hydroxylation is 2. The second-order valence-corrected chi connectivity index (χ2v) is 5.82. The van der Waals surface area contributed by atoms with Crippen molar-refractivity contribution in [2.75, 3.05) is 26.2 Å². The first kappa shape index (κ1) is 17.2. The van der Waals surface area contributed by atoms with Crippen molar-refractivity contribution in [3.8, 4) is 0 Å². The molecule has 0 aliphatic carbocycles. The molecule has 0 fully saturated rings. The Morgan fingerprint density at radius 3 is 2.15 bits per heavy atom. The number of benzene rings is 1. The fraction of sp³-hybridized carbons (Fsp3) is 0.667. The van der Waals surface area contributed by atoms with Gasteiger partial charge in [0.2, 0.25) is 0 Å². The third-order valence-corrected chi connectivity index (χ3v) is 3.71. The first-order chi connectivity index (χ1) is 9.60. The molecule has 0 amide bonds. The summed E-state index contributed by atoms with van der Waals surface area (Å²) in [6, 6.07) is 7.37. The summed E-state index contributed by atoms with van der Waals surface area (Å²) in [6.45, 7) is 15.6. The summed E-state index contributed by atoms with van der Waals surface area (Å²) in [6.07, 6.45) is 2.41. The molecule has 1 aromatic rings. The quantitative estimate of drug-likeness (QED) is 0.731. The van der Waals surface area contributed by atoms with Gasteiger partial charge in [0.15, 0.2) is 0 Å². The molecule has 0 aromatic heterocycles. The largest absolute Gasteiger partial charge is 0.309 e. The molecule has 0 aliphatic heterocycles. The monoisotopic (exact) mass is 276 g/mol. The summed E-state index contributed by atoms with van der Waals surface area (Å²) in [5.41, 5.74) is 4.16. The molecule has 114 valence electrons. The summed E-state index contributed by atoms with van der Waals surface area (Å²) >= 11 is 0. The van der Waals surface area contributed by atoms with E-state index in [1.807, 2.05) is 0 Å². The number of hydrogen-bond donors (Lipinski definition) is 1. The van der Waals surface area contributed by atoms with Crippen LogP contribution in [0.5, 0.6) is 0 Å². The highest BCUT2D eigenvalue weighted by Crippen LogP contribution is 2.18. The van der Waals surface area contributed by atoms with Crippen molar-refractivity contribution in [2.45, 2.75) is 53.5 Å². The van der Waals surface area contributed by atoms with Gasteiger partial charge in [0, 0.05) is 12.6 Å². The molecule has 0 aliphatic rings. The zero-order chi connectivity index (χ0) is 15.0. The van der Waals surface area contributed by atoms with Crippen molar-refractivity contribution in [3.63, 3.8) is 0 Å². The molecule has 0 saturated carbocycles. The van der Waals surface area contributed by atoms with Gasteiger partial charge in [-0.3, -0.25) is 0 Å². The fourth-order valence-electron chi connectivity index (χ4n) is 2.77. The van der Waals surface area contributed by atoms with E-state index in [2.05, 4.69) is 63.0 Å². The average molecular weight is 276 g/mol. The highest BCUT2D eigenvalue weighted by molar-refractivity contribution is 5.31. The molecule has 0 spiro atoms. The lowest BCUT2D eigenvalue weighted by Gasteiger charge is -2.27. The Kier molecular flexibility index (Phi) is 7.86. The minimum absolute atomic E-state index is 0.444. The van der Waals surface area contributed by atoms with Gasteiger partial charge in [-0.15, -0.1) is 0 Å². The van der Waals surface area contributed by atoms with Crippen LogP contribution in [0.15, 0.2) is 18.2 Å². The normalized spacial score (nSPS) is 12.9. The number of hydrogen-bond acceptors (Lipinski definition) is 2. The van der Waals surface area contributed by atoms with Gasteiger partial charge in [-0.1, -0.05) is 50.1 Å². The maximum atomic E-state index is 3.72. The van der Waals surface area contributed by atoms with E-state index in [0.717, 1.165) is 19.6 Å². The summed E-state index contributed by atoms with van der Waals surface area (Å²) in [5.74, 6) is 0. The predicted molar refractivity (Wildman–Crippen MR) is 89.4 cm³/mol. The van der Waals surface area contributed by atoms with Gasteiger partial charge >= 0.3 is 0 Å². The Bertz CT molecular complexity index is 367. The van der Waals surface area contributed by atoms with Crippen LogP contribution in [0.25, 0.3) is 0 Å². The molecule has 0 bridgehead atoms. The Morgan fingerprint density at radius 1 is 1.00 bits per heavy atom. The van der Waals surface area contributed by atoms with Crippen LogP contribution in [0.2, 0.25) is 0 Å². The lowest BCUT2D eigenvalue weighted by Crippen LogP contribution is -2.36.